The Morgan fingerprint density at radius 3 is 2.67 bits per heavy atom. The van der Waals surface area contributed by atoms with Gasteiger partial charge in [-0.2, -0.15) is 18.4 Å². The van der Waals surface area contributed by atoms with Crippen molar-refractivity contribution in [1.29, 1.82) is 5.26 Å². The van der Waals surface area contributed by atoms with Crippen molar-refractivity contribution in [3.05, 3.63) is 47.3 Å². The molecule has 1 spiro atoms. The van der Waals surface area contributed by atoms with Crippen molar-refractivity contribution >= 4 is 34.6 Å². The highest BCUT2D eigenvalue weighted by Crippen LogP contribution is 2.48. The lowest BCUT2D eigenvalue weighted by molar-refractivity contribution is -0.138. The summed E-state index contributed by atoms with van der Waals surface area (Å²) in [6.07, 6.45) is -1.16. The van der Waals surface area contributed by atoms with Crippen molar-refractivity contribution in [2.24, 2.45) is 0 Å². The molecule has 1 aromatic carbocycles. The first kappa shape index (κ1) is 28.3. The number of hydrogen-bond donors (Lipinski definition) is 1. The molecule has 0 radical (unpaired) electrons. The first-order valence-electron chi connectivity index (χ1n) is 13.5. The Kier molecular flexibility index (Phi) is 7.74. The van der Waals surface area contributed by atoms with Crippen molar-refractivity contribution in [3.8, 4) is 11.8 Å². The van der Waals surface area contributed by atoms with Gasteiger partial charge in [0.05, 0.1) is 17.4 Å². The molecule has 12 heteroatoms. The van der Waals surface area contributed by atoms with E-state index in [0.717, 1.165) is 61.1 Å². The Balaban J connectivity index is 1.41. The number of alkyl halides is 3. The Labute approximate surface area is 236 Å². The summed E-state index contributed by atoms with van der Waals surface area (Å²) in [5.74, 6) is 0.378. The molecule has 1 atom stereocenters. The first-order valence-corrected chi connectivity index (χ1v) is 13.9. The summed E-state index contributed by atoms with van der Waals surface area (Å²) >= 11 is 5.73. The average molecular weight is 573 g/mol. The number of pyridine rings is 1. The third-order valence-corrected chi connectivity index (χ3v) is 8.30. The van der Waals surface area contributed by atoms with Crippen molar-refractivity contribution in [2.75, 3.05) is 42.6 Å². The fourth-order valence-corrected chi connectivity index (χ4v) is 6.18. The van der Waals surface area contributed by atoms with Crippen LogP contribution >= 0.6 is 12.2 Å². The van der Waals surface area contributed by atoms with Gasteiger partial charge in [-0.15, -0.1) is 0 Å². The minimum absolute atomic E-state index is 0.0906. The molecule has 212 valence electrons. The van der Waals surface area contributed by atoms with E-state index in [-0.39, 0.29) is 16.7 Å². The van der Waals surface area contributed by atoms with Crippen LogP contribution in [0.3, 0.4) is 0 Å². The van der Waals surface area contributed by atoms with Crippen molar-refractivity contribution < 1.29 is 22.7 Å². The topological polar surface area (TPSA) is 84.7 Å². The number of piperazine rings is 1. The fourth-order valence-electron chi connectivity index (χ4n) is 5.71. The van der Waals surface area contributed by atoms with Gasteiger partial charge in [0.25, 0.3) is 5.91 Å². The third-order valence-electron chi connectivity index (χ3n) is 7.94. The number of halogens is 3. The molecule has 2 aliphatic heterocycles. The van der Waals surface area contributed by atoms with Gasteiger partial charge in [-0.05, 0) is 74.7 Å². The quantitative estimate of drug-likeness (QED) is 0.493. The average Bonchev–Trinajstić information content (AvgIpc) is 3.14. The van der Waals surface area contributed by atoms with Crippen molar-refractivity contribution in [2.45, 2.75) is 57.3 Å². The molecule has 1 amide bonds. The van der Waals surface area contributed by atoms with Crippen LogP contribution < -0.4 is 19.9 Å². The normalized spacial score (nSPS) is 21.1. The number of rotatable bonds is 7. The summed E-state index contributed by atoms with van der Waals surface area (Å²) in [7, 11) is 0. The molecule has 3 aliphatic rings. The van der Waals surface area contributed by atoms with E-state index in [4.69, 9.17) is 22.2 Å². The van der Waals surface area contributed by atoms with Gasteiger partial charge >= 0.3 is 6.18 Å². The third kappa shape index (κ3) is 5.02. The maximum Gasteiger partial charge on any atom is 0.419 e. The molecule has 3 fully saturated rings. The van der Waals surface area contributed by atoms with Gasteiger partial charge in [0.2, 0.25) is 0 Å². The number of aromatic nitrogens is 1. The largest absolute Gasteiger partial charge is 0.492 e. The number of nitrogens with one attached hydrogen (secondary N) is 1. The van der Waals surface area contributed by atoms with Crippen LogP contribution in [0.15, 0.2) is 30.5 Å². The molecular weight excluding hydrogens is 541 g/mol. The van der Waals surface area contributed by atoms with Crippen LogP contribution in [-0.4, -0.2) is 65.3 Å². The van der Waals surface area contributed by atoms with Crippen molar-refractivity contribution in [3.63, 3.8) is 0 Å². The number of benzene rings is 1. The Morgan fingerprint density at radius 2 is 2.05 bits per heavy atom. The smallest absolute Gasteiger partial charge is 0.419 e. The molecule has 2 saturated heterocycles. The van der Waals surface area contributed by atoms with E-state index in [1.165, 1.54) is 6.07 Å². The molecule has 3 heterocycles. The maximum atomic E-state index is 13.7. The minimum atomic E-state index is -4.80. The molecule has 8 nitrogen and oxygen atoms in total. The molecule has 5 rings (SSSR count). The summed E-state index contributed by atoms with van der Waals surface area (Å²) < 4.78 is 47.1. The monoisotopic (exact) mass is 572 g/mol. The Morgan fingerprint density at radius 1 is 1.27 bits per heavy atom. The van der Waals surface area contributed by atoms with E-state index in [9.17, 15) is 18.0 Å². The predicted octanol–water partition coefficient (Wildman–Crippen LogP) is 4.27. The van der Waals surface area contributed by atoms with E-state index >= 15 is 0 Å². The van der Waals surface area contributed by atoms with E-state index in [0.29, 0.717) is 37.6 Å². The zero-order chi connectivity index (χ0) is 28.7. The van der Waals surface area contributed by atoms with Crippen LogP contribution in [0.25, 0.3) is 0 Å². The number of carbonyl (C=O) groups excluding carboxylic acids is 1. The zero-order valence-corrected chi connectivity index (χ0v) is 23.2. The number of nitriles is 1. The molecular formula is C28H31F3N6O2S. The second kappa shape index (κ2) is 11.0. The van der Waals surface area contributed by atoms with Crippen LogP contribution in [0, 0.1) is 11.3 Å². The van der Waals surface area contributed by atoms with E-state index in [1.807, 2.05) is 25.1 Å². The van der Waals surface area contributed by atoms with E-state index in [1.54, 1.807) is 4.90 Å². The van der Waals surface area contributed by atoms with E-state index < -0.39 is 23.0 Å². The van der Waals surface area contributed by atoms with Crippen molar-refractivity contribution in [1.82, 2.24) is 15.2 Å². The molecule has 1 unspecified atom stereocenters. The van der Waals surface area contributed by atoms with Gasteiger partial charge in [-0.25, -0.2) is 4.98 Å². The summed E-state index contributed by atoms with van der Waals surface area (Å²) in [4.78, 5) is 22.7. The zero-order valence-electron chi connectivity index (χ0n) is 22.4. The summed E-state index contributed by atoms with van der Waals surface area (Å²) in [6, 6.07) is 8.37. The molecule has 1 aromatic heterocycles. The number of anilines is 2. The van der Waals surface area contributed by atoms with E-state index in [2.05, 4.69) is 22.1 Å². The molecule has 1 saturated carbocycles. The molecule has 1 aliphatic carbocycles. The van der Waals surface area contributed by atoms with Gasteiger partial charge in [-0.1, -0.05) is 6.92 Å². The summed E-state index contributed by atoms with van der Waals surface area (Å²) in [6.45, 7) is 8.45. The summed E-state index contributed by atoms with van der Waals surface area (Å²) in [5, 5.41) is 12.6. The van der Waals surface area contributed by atoms with Crippen LogP contribution in [0.1, 0.15) is 49.9 Å². The lowest BCUT2D eigenvalue weighted by Gasteiger charge is -2.43. The van der Waals surface area contributed by atoms with Gasteiger partial charge in [0.1, 0.15) is 24.0 Å². The highest BCUT2D eigenvalue weighted by molar-refractivity contribution is 7.81. The predicted molar refractivity (Wildman–Crippen MR) is 148 cm³/mol. The second-order valence-corrected chi connectivity index (χ2v) is 10.9. The highest BCUT2D eigenvalue weighted by atomic mass is 32.1. The number of carbonyl (C=O) groups is 1. The minimum Gasteiger partial charge on any atom is -0.492 e. The van der Waals surface area contributed by atoms with Crippen LogP contribution in [-0.2, 0) is 17.4 Å². The van der Waals surface area contributed by atoms with Crippen LogP contribution in [0.2, 0.25) is 0 Å². The number of aryl methyl sites for hydroxylation is 1. The lowest BCUT2D eigenvalue weighted by Crippen LogP contribution is -2.55. The van der Waals surface area contributed by atoms with Gasteiger partial charge in [0.15, 0.2) is 10.8 Å². The molecule has 1 N–H and O–H groups in total. The fraction of sp³-hybridized carbons (Fsp3) is 0.500. The van der Waals surface area contributed by atoms with Crippen LogP contribution in [0.4, 0.5) is 24.5 Å². The number of nitrogens with zero attached hydrogens (tertiary/aromatic N) is 5. The molecule has 0 bridgehead atoms. The Bertz CT molecular complexity index is 1360. The second-order valence-electron chi connectivity index (χ2n) is 10.5. The number of ether oxygens (including phenoxy) is 1. The van der Waals surface area contributed by atoms with Crippen LogP contribution in [0.5, 0.6) is 5.75 Å². The number of thiocarbonyl (C=S) groups is 1. The number of hydrogen-bond acceptors (Lipinski definition) is 7. The highest BCUT2D eigenvalue weighted by Gasteiger charge is 2.59. The van der Waals surface area contributed by atoms with Gasteiger partial charge in [-0.3, -0.25) is 14.6 Å². The lowest BCUT2D eigenvalue weighted by atomic mass is 9.75. The standard InChI is InChI=1S/C28H31F3N6O2S/c1-3-19-13-20(5-6-24(19)39-12-11-35-10-9-33-18(2)17-35)37-26(40)36(25(38)27(37)7-4-8-27)21-14-22(28(29,30)31)23(15-32)34-16-21/h5-6,13-14,16,18,33H,3-4,7-12,17H2,1-2H3. The van der Waals surface area contributed by atoms with Gasteiger partial charge < -0.3 is 15.0 Å². The number of amides is 1. The SMILES string of the molecule is CCc1cc(N2C(=S)N(c3cnc(C#N)c(C(F)(F)F)c3)C(=O)C23CCC3)ccc1OCCN1CCNC(C)C1. The first-order chi connectivity index (χ1) is 19.1. The van der Waals surface area contributed by atoms with Gasteiger partial charge in [0, 0.05) is 37.9 Å². The maximum absolute atomic E-state index is 13.7. The molecule has 2 aromatic rings. The summed E-state index contributed by atoms with van der Waals surface area (Å²) in [5.41, 5.74) is -1.37. The molecule has 40 heavy (non-hydrogen) atoms. The Hall–Kier alpha value is -3.27.